The maximum atomic E-state index is 12.0. The second-order valence-electron chi connectivity index (χ2n) is 5.78. The molecule has 0 aliphatic heterocycles. The average molecular weight is 351 g/mol. The van der Waals surface area contributed by atoms with E-state index in [2.05, 4.69) is 5.32 Å². The minimum atomic E-state index is -0.293. The van der Waals surface area contributed by atoms with Crippen LogP contribution in [0.5, 0.6) is 11.5 Å². The number of hydrogen-bond donors (Lipinski definition) is 1. The number of carbonyl (C=O) groups excluding carboxylic acids is 1. The number of furan rings is 1. The van der Waals surface area contributed by atoms with Gasteiger partial charge in [0.15, 0.2) is 5.76 Å². The molecule has 0 atom stereocenters. The SMILES string of the molecule is Cc1ccccc1OCCCOc1cccc(NC(=O)c2ccco2)c1. The first-order chi connectivity index (χ1) is 12.7. The Kier molecular flexibility index (Phi) is 5.93. The lowest BCUT2D eigenvalue weighted by Gasteiger charge is -2.10. The second-order valence-corrected chi connectivity index (χ2v) is 5.78. The highest BCUT2D eigenvalue weighted by molar-refractivity contribution is 6.02. The third-order valence-electron chi connectivity index (χ3n) is 3.75. The largest absolute Gasteiger partial charge is 0.493 e. The van der Waals surface area contributed by atoms with Crippen molar-refractivity contribution in [2.75, 3.05) is 18.5 Å². The maximum absolute atomic E-state index is 12.0. The van der Waals surface area contributed by atoms with E-state index < -0.39 is 0 Å². The van der Waals surface area contributed by atoms with E-state index in [-0.39, 0.29) is 11.7 Å². The molecule has 0 unspecified atom stereocenters. The van der Waals surface area contributed by atoms with E-state index in [9.17, 15) is 4.79 Å². The molecule has 1 aromatic heterocycles. The molecule has 5 heteroatoms. The van der Waals surface area contributed by atoms with Crippen LogP contribution in [0.15, 0.2) is 71.3 Å². The summed E-state index contributed by atoms with van der Waals surface area (Å²) >= 11 is 0. The fourth-order valence-corrected chi connectivity index (χ4v) is 2.41. The average Bonchev–Trinajstić information content (AvgIpc) is 3.18. The molecule has 0 spiro atoms. The van der Waals surface area contributed by atoms with Gasteiger partial charge in [0.25, 0.3) is 5.91 Å². The Morgan fingerprint density at radius 2 is 1.85 bits per heavy atom. The minimum Gasteiger partial charge on any atom is -0.493 e. The normalized spacial score (nSPS) is 10.3. The van der Waals surface area contributed by atoms with Crippen LogP contribution < -0.4 is 14.8 Å². The number of anilines is 1. The van der Waals surface area contributed by atoms with Crippen LogP contribution in [0.25, 0.3) is 0 Å². The summed E-state index contributed by atoms with van der Waals surface area (Å²) in [6, 6.07) is 18.5. The zero-order valence-electron chi connectivity index (χ0n) is 14.6. The van der Waals surface area contributed by atoms with E-state index >= 15 is 0 Å². The molecule has 0 fully saturated rings. The van der Waals surface area contributed by atoms with Crippen LogP contribution >= 0.6 is 0 Å². The molecule has 1 N–H and O–H groups in total. The first-order valence-electron chi connectivity index (χ1n) is 8.48. The Hall–Kier alpha value is -3.21. The van der Waals surface area contributed by atoms with Gasteiger partial charge in [0.2, 0.25) is 0 Å². The molecule has 0 saturated carbocycles. The molecule has 134 valence electrons. The van der Waals surface area contributed by atoms with Gasteiger partial charge < -0.3 is 19.2 Å². The van der Waals surface area contributed by atoms with Crippen molar-refractivity contribution in [2.24, 2.45) is 0 Å². The summed E-state index contributed by atoms with van der Waals surface area (Å²) in [6.07, 6.45) is 2.23. The fourth-order valence-electron chi connectivity index (χ4n) is 2.41. The van der Waals surface area contributed by atoms with Crippen LogP contribution in [0.4, 0.5) is 5.69 Å². The van der Waals surface area contributed by atoms with Gasteiger partial charge in [-0.15, -0.1) is 0 Å². The number of aryl methyl sites for hydroxylation is 1. The van der Waals surface area contributed by atoms with Crippen LogP contribution in [0.3, 0.4) is 0 Å². The summed E-state index contributed by atoms with van der Waals surface area (Å²) in [6.45, 7) is 3.13. The molecule has 0 saturated heterocycles. The van der Waals surface area contributed by atoms with E-state index in [4.69, 9.17) is 13.9 Å². The predicted octanol–water partition coefficient (Wildman–Crippen LogP) is 4.69. The molecule has 1 heterocycles. The van der Waals surface area contributed by atoms with Gasteiger partial charge in [-0.05, 0) is 42.8 Å². The number of ether oxygens (including phenoxy) is 2. The third kappa shape index (κ3) is 4.89. The molecule has 1 amide bonds. The molecule has 0 aliphatic carbocycles. The Balaban J connectivity index is 1.44. The van der Waals surface area contributed by atoms with Crippen LogP contribution in [-0.2, 0) is 0 Å². The quantitative estimate of drug-likeness (QED) is 0.598. The Morgan fingerprint density at radius 1 is 1.00 bits per heavy atom. The maximum Gasteiger partial charge on any atom is 0.291 e. The molecule has 2 aromatic carbocycles. The molecule has 0 bridgehead atoms. The van der Waals surface area contributed by atoms with E-state index in [1.807, 2.05) is 43.3 Å². The molecule has 0 radical (unpaired) electrons. The number of carbonyl (C=O) groups is 1. The molecule has 26 heavy (non-hydrogen) atoms. The zero-order chi connectivity index (χ0) is 18.2. The Bertz CT molecular complexity index is 843. The van der Waals surface area contributed by atoms with Crippen molar-refractivity contribution in [1.82, 2.24) is 0 Å². The van der Waals surface area contributed by atoms with E-state index in [0.29, 0.717) is 24.7 Å². The monoisotopic (exact) mass is 351 g/mol. The van der Waals surface area contributed by atoms with Crippen LogP contribution in [0.2, 0.25) is 0 Å². The van der Waals surface area contributed by atoms with Crippen molar-refractivity contribution in [1.29, 1.82) is 0 Å². The standard InChI is InChI=1S/C21H21NO4/c1-16-7-2-3-10-19(16)25-14-6-13-24-18-9-4-8-17(15-18)22-21(23)20-11-5-12-26-20/h2-5,7-12,15H,6,13-14H2,1H3,(H,22,23). The van der Waals surface area contributed by atoms with Gasteiger partial charge in [0.05, 0.1) is 19.5 Å². The third-order valence-corrected chi connectivity index (χ3v) is 3.75. The zero-order valence-corrected chi connectivity index (χ0v) is 14.6. The van der Waals surface area contributed by atoms with Gasteiger partial charge >= 0.3 is 0 Å². The van der Waals surface area contributed by atoms with Crippen LogP contribution in [-0.4, -0.2) is 19.1 Å². The van der Waals surface area contributed by atoms with Crippen molar-refractivity contribution in [3.8, 4) is 11.5 Å². The lowest BCUT2D eigenvalue weighted by molar-refractivity contribution is 0.0996. The lowest BCUT2D eigenvalue weighted by atomic mass is 10.2. The van der Waals surface area contributed by atoms with E-state index in [0.717, 1.165) is 17.7 Å². The van der Waals surface area contributed by atoms with Crippen LogP contribution in [0.1, 0.15) is 22.5 Å². The Morgan fingerprint density at radius 3 is 2.65 bits per heavy atom. The molecule has 0 aliphatic rings. The highest BCUT2D eigenvalue weighted by atomic mass is 16.5. The van der Waals surface area contributed by atoms with Crippen molar-refractivity contribution in [3.05, 3.63) is 78.3 Å². The van der Waals surface area contributed by atoms with Gasteiger partial charge in [-0.1, -0.05) is 24.3 Å². The molecular formula is C21H21NO4. The first-order valence-corrected chi connectivity index (χ1v) is 8.48. The van der Waals surface area contributed by atoms with Crippen molar-refractivity contribution >= 4 is 11.6 Å². The molecule has 5 nitrogen and oxygen atoms in total. The molecule has 3 aromatic rings. The summed E-state index contributed by atoms with van der Waals surface area (Å²) < 4.78 is 16.6. The van der Waals surface area contributed by atoms with Gasteiger partial charge in [0, 0.05) is 18.2 Å². The van der Waals surface area contributed by atoms with E-state index in [1.54, 1.807) is 24.3 Å². The topological polar surface area (TPSA) is 60.7 Å². The van der Waals surface area contributed by atoms with Gasteiger partial charge in [-0.3, -0.25) is 4.79 Å². The van der Waals surface area contributed by atoms with Crippen molar-refractivity contribution in [2.45, 2.75) is 13.3 Å². The van der Waals surface area contributed by atoms with Crippen LogP contribution in [0, 0.1) is 6.92 Å². The lowest BCUT2D eigenvalue weighted by Crippen LogP contribution is -2.11. The summed E-state index contributed by atoms with van der Waals surface area (Å²) in [5.74, 6) is 1.57. The minimum absolute atomic E-state index is 0.268. The highest BCUT2D eigenvalue weighted by Gasteiger charge is 2.09. The fraction of sp³-hybridized carbons (Fsp3) is 0.190. The second kappa shape index (κ2) is 8.76. The summed E-state index contributed by atoms with van der Waals surface area (Å²) in [5, 5.41) is 2.78. The number of nitrogens with one attached hydrogen (secondary N) is 1. The van der Waals surface area contributed by atoms with Gasteiger partial charge in [-0.25, -0.2) is 0 Å². The summed E-state index contributed by atoms with van der Waals surface area (Å²) in [4.78, 5) is 12.0. The summed E-state index contributed by atoms with van der Waals surface area (Å²) in [7, 11) is 0. The van der Waals surface area contributed by atoms with Gasteiger partial charge in [0.1, 0.15) is 11.5 Å². The van der Waals surface area contributed by atoms with Gasteiger partial charge in [-0.2, -0.15) is 0 Å². The highest BCUT2D eigenvalue weighted by Crippen LogP contribution is 2.19. The summed E-state index contributed by atoms with van der Waals surface area (Å²) in [5.41, 5.74) is 1.77. The molecular weight excluding hydrogens is 330 g/mol. The number of benzene rings is 2. The number of hydrogen-bond acceptors (Lipinski definition) is 4. The Labute approximate surface area is 152 Å². The molecule has 3 rings (SSSR count). The number of amides is 1. The number of rotatable bonds is 8. The van der Waals surface area contributed by atoms with Crippen molar-refractivity contribution < 1.29 is 18.7 Å². The smallest absolute Gasteiger partial charge is 0.291 e. The van der Waals surface area contributed by atoms with Crippen molar-refractivity contribution in [3.63, 3.8) is 0 Å². The van der Waals surface area contributed by atoms with E-state index in [1.165, 1.54) is 6.26 Å². The number of para-hydroxylation sites is 1. The predicted molar refractivity (Wildman–Crippen MR) is 99.9 cm³/mol. The first kappa shape index (κ1) is 17.6.